The van der Waals surface area contributed by atoms with E-state index in [-0.39, 0.29) is 18.1 Å². The summed E-state index contributed by atoms with van der Waals surface area (Å²) in [6.45, 7) is 4.27. The molecule has 0 atom stereocenters. The summed E-state index contributed by atoms with van der Waals surface area (Å²) in [5.41, 5.74) is 5.23. The number of carbonyl (C=O) groups excluding carboxylic acids is 1. The Balaban J connectivity index is 4.32. The van der Waals surface area contributed by atoms with E-state index in [1.807, 2.05) is 13.8 Å². The molecule has 0 bridgehead atoms. The highest BCUT2D eigenvalue weighted by molar-refractivity contribution is 7.90. The van der Waals surface area contributed by atoms with Crippen molar-refractivity contribution >= 4 is 15.7 Å². The number of sulfone groups is 1. The van der Waals surface area contributed by atoms with Crippen molar-refractivity contribution in [2.75, 3.05) is 18.6 Å². The van der Waals surface area contributed by atoms with Gasteiger partial charge in [0.1, 0.15) is 9.84 Å². The van der Waals surface area contributed by atoms with E-state index in [4.69, 9.17) is 5.73 Å². The van der Waals surface area contributed by atoms with E-state index < -0.39 is 15.4 Å². The second-order valence-electron chi connectivity index (χ2n) is 4.12. The summed E-state index contributed by atoms with van der Waals surface area (Å²) >= 11 is 0. The smallest absolute Gasteiger partial charge is 0.221 e. The van der Waals surface area contributed by atoms with Crippen LogP contribution in [0.1, 0.15) is 33.1 Å². The van der Waals surface area contributed by atoms with Crippen molar-refractivity contribution in [2.24, 2.45) is 5.73 Å². The van der Waals surface area contributed by atoms with Crippen LogP contribution in [0.15, 0.2) is 0 Å². The zero-order valence-corrected chi connectivity index (χ0v) is 11.1. The predicted octanol–water partition coefficient (Wildman–Crippen LogP) is 0.0548. The van der Waals surface area contributed by atoms with Crippen molar-refractivity contribution < 1.29 is 13.2 Å². The molecule has 0 fully saturated rings. The topological polar surface area (TPSA) is 89.3 Å². The van der Waals surface area contributed by atoms with E-state index in [0.29, 0.717) is 6.54 Å². The number of hydrogen-bond donors (Lipinski definition) is 2. The Morgan fingerprint density at radius 3 is 2.12 bits per heavy atom. The molecule has 96 valence electrons. The second-order valence-corrected chi connectivity index (χ2v) is 6.38. The van der Waals surface area contributed by atoms with Gasteiger partial charge in [-0.25, -0.2) is 8.42 Å². The number of carbonyl (C=O) groups is 1. The fraction of sp³-hybridized carbons (Fsp3) is 0.900. The maximum Gasteiger partial charge on any atom is 0.221 e. The van der Waals surface area contributed by atoms with Crippen LogP contribution >= 0.6 is 0 Å². The van der Waals surface area contributed by atoms with Crippen LogP contribution in [0.4, 0.5) is 0 Å². The molecule has 0 rings (SSSR count). The van der Waals surface area contributed by atoms with Crippen LogP contribution in [-0.4, -0.2) is 38.4 Å². The SMILES string of the molecule is CCC(CC)(CN)NC(=O)CCS(C)(=O)=O. The first kappa shape index (κ1) is 15.4. The van der Waals surface area contributed by atoms with Gasteiger partial charge in [-0.15, -0.1) is 0 Å². The van der Waals surface area contributed by atoms with E-state index in [0.717, 1.165) is 19.1 Å². The fourth-order valence-corrected chi connectivity index (χ4v) is 1.96. The maximum atomic E-state index is 11.6. The van der Waals surface area contributed by atoms with E-state index in [2.05, 4.69) is 5.32 Å². The molecule has 0 saturated carbocycles. The Morgan fingerprint density at radius 1 is 1.31 bits per heavy atom. The van der Waals surface area contributed by atoms with Gasteiger partial charge >= 0.3 is 0 Å². The Bertz CT molecular complexity index is 313. The molecule has 0 spiro atoms. The summed E-state index contributed by atoms with van der Waals surface area (Å²) in [7, 11) is -3.09. The van der Waals surface area contributed by atoms with Gasteiger partial charge in [-0.2, -0.15) is 0 Å². The number of amides is 1. The molecule has 1 amide bonds. The summed E-state index contributed by atoms with van der Waals surface area (Å²) in [4.78, 5) is 11.6. The van der Waals surface area contributed by atoms with Crippen molar-refractivity contribution in [3.8, 4) is 0 Å². The Kier molecular flexibility index (Phi) is 5.96. The molecule has 0 aromatic heterocycles. The third-order valence-electron chi connectivity index (χ3n) is 2.85. The monoisotopic (exact) mass is 250 g/mol. The van der Waals surface area contributed by atoms with Crippen molar-refractivity contribution in [1.82, 2.24) is 5.32 Å². The molecule has 0 aliphatic heterocycles. The van der Waals surface area contributed by atoms with Gasteiger partial charge in [0.2, 0.25) is 5.91 Å². The van der Waals surface area contributed by atoms with Crippen molar-refractivity contribution in [2.45, 2.75) is 38.6 Å². The summed E-state index contributed by atoms with van der Waals surface area (Å²) in [5.74, 6) is -0.369. The minimum Gasteiger partial charge on any atom is -0.349 e. The van der Waals surface area contributed by atoms with Crippen LogP contribution in [0.2, 0.25) is 0 Å². The molecule has 0 aromatic rings. The van der Waals surface area contributed by atoms with Crippen LogP contribution in [0, 0.1) is 0 Å². The first-order valence-corrected chi connectivity index (χ1v) is 7.53. The molecule has 0 heterocycles. The van der Waals surface area contributed by atoms with Crippen molar-refractivity contribution in [3.05, 3.63) is 0 Å². The largest absolute Gasteiger partial charge is 0.349 e. The third kappa shape index (κ3) is 5.46. The zero-order chi connectivity index (χ0) is 12.8. The third-order valence-corrected chi connectivity index (χ3v) is 3.79. The van der Waals surface area contributed by atoms with Gasteiger partial charge in [0.25, 0.3) is 0 Å². The zero-order valence-electron chi connectivity index (χ0n) is 10.2. The van der Waals surface area contributed by atoms with Crippen LogP contribution in [0.3, 0.4) is 0 Å². The van der Waals surface area contributed by atoms with E-state index in [1.54, 1.807) is 0 Å². The van der Waals surface area contributed by atoms with Crippen molar-refractivity contribution in [3.63, 3.8) is 0 Å². The van der Waals surface area contributed by atoms with Gasteiger partial charge < -0.3 is 11.1 Å². The lowest BCUT2D eigenvalue weighted by Gasteiger charge is -2.31. The number of rotatable bonds is 7. The van der Waals surface area contributed by atoms with Gasteiger partial charge in [0.15, 0.2) is 0 Å². The molecule has 5 nitrogen and oxygen atoms in total. The van der Waals surface area contributed by atoms with E-state index in [9.17, 15) is 13.2 Å². The Hall–Kier alpha value is -0.620. The van der Waals surface area contributed by atoms with Gasteiger partial charge in [-0.3, -0.25) is 4.79 Å². The highest BCUT2D eigenvalue weighted by Gasteiger charge is 2.26. The Morgan fingerprint density at radius 2 is 1.81 bits per heavy atom. The van der Waals surface area contributed by atoms with Crippen LogP contribution in [0.25, 0.3) is 0 Å². The van der Waals surface area contributed by atoms with E-state index in [1.165, 1.54) is 0 Å². The summed E-state index contributed by atoms with van der Waals surface area (Å²) in [5, 5.41) is 2.82. The van der Waals surface area contributed by atoms with Gasteiger partial charge in [0.05, 0.1) is 11.3 Å². The number of nitrogens with one attached hydrogen (secondary N) is 1. The van der Waals surface area contributed by atoms with E-state index >= 15 is 0 Å². The highest BCUT2D eigenvalue weighted by Crippen LogP contribution is 2.13. The molecule has 16 heavy (non-hydrogen) atoms. The summed E-state index contributed by atoms with van der Waals surface area (Å²) < 4.78 is 21.8. The summed E-state index contributed by atoms with van der Waals surface area (Å²) in [6.07, 6.45) is 2.60. The van der Waals surface area contributed by atoms with Crippen molar-refractivity contribution in [1.29, 1.82) is 0 Å². The molecule has 0 radical (unpaired) electrons. The molecule has 0 aliphatic carbocycles. The molecule has 0 saturated heterocycles. The Labute approximate surface area is 97.7 Å². The molecule has 0 aromatic carbocycles. The average molecular weight is 250 g/mol. The van der Waals surface area contributed by atoms with Crippen LogP contribution < -0.4 is 11.1 Å². The fourth-order valence-electron chi connectivity index (χ4n) is 1.40. The first-order valence-electron chi connectivity index (χ1n) is 5.47. The molecular formula is C10H22N2O3S. The van der Waals surface area contributed by atoms with Gasteiger partial charge in [-0.05, 0) is 12.8 Å². The minimum absolute atomic E-state index is 0.000579. The van der Waals surface area contributed by atoms with Crippen LogP contribution in [-0.2, 0) is 14.6 Å². The van der Waals surface area contributed by atoms with Gasteiger partial charge in [0, 0.05) is 19.2 Å². The highest BCUT2D eigenvalue weighted by atomic mass is 32.2. The standard InChI is InChI=1S/C10H22N2O3S/c1-4-10(5-2,8-11)12-9(13)6-7-16(3,14)15/h4-8,11H2,1-3H3,(H,12,13). The predicted molar refractivity (Wildman–Crippen MR) is 64.8 cm³/mol. The number of nitrogens with two attached hydrogens (primary N) is 1. The lowest BCUT2D eigenvalue weighted by molar-refractivity contribution is -0.122. The minimum atomic E-state index is -3.09. The quantitative estimate of drug-likeness (QED) is 0.668. The average Bonchev–Trinajstić information content (AvgIpc) is 2.22. The molecular weight excluding hydrogens is 228 g/mol. The van der Waals surface area contributed by atoms with Gasteiger partial charge in [-0.1, -0.05) is 13.8 Å². The second kappa shape index (κ2) is 6.20. The lowest BCUT2D eigenvalue weighted by Crippen LogP contribution is -2.53. The molecule has 0 aliphatic rings. The maximum absolute atomic E-state index is 11.6. The normalized spacial score (nSPS) is 12.5. The lowest BCUT2D eigenvalue weighted by atomic mass is 9.93. The van der Waals surface area contributed by atoms with Crippen LogP contribution in [0.5, 0.6) is 0 Å². The molecule has 0 unspecified atom stereocenters. The first-order chi connectivity index (χ1) is 7.28. The molecule has 3 N–H and O–H groups in total. The molecule has 6 heteroatoms. The number of hydrogen-bond acceptors (Lipinski definition) is 4. The summed E-state index contributed by atoms with van der Waals surface area (Å²) in [6, 6.07) is 0.